The summed E-state index contributed by atoms with van der Waals surface area (Å²) >= 11 is 0. The smallest absolute Gasteiger partial charge is 0.462 e. The Hall–Kier alpha value is -1.94. The van der Waals surface area contributed by atoms with Gasteiger partial charge in [-0.2, -0.15) is 0 Å². The molecule has 0 amide bonds. The fourth-order valence-electron chi connectivity index (χ4n) is 13.3. The second kappa shape index (κ2) is 79.2. The first-order valence-electron chi connectivity index (χ1n) is 44.3. The summed E-state index contributed by atoms with van der Waals surface area (Å²) in [6.45, 7) is 5.07. The van der Waals surface area contributed by atoms with Crippen LogP contribution in [-0.2, 0) is 65.4 Å². The normalized spacial score (nSPS) is 13.7. The van der Waals surface area contributed by atoms with Gasteiger partial charge in [-0.05, 0) is 25.7 Å². The molecule has 0 aromatic carbocycles. The molecular weight excluding hydrogens is 1350 g/mol. The Labute approximate surface area is 638 Å². The molecule has 5 atom stereocenters. The van der Waals surface area contributed by atoms with Gasteiger partial charge in [0.15, 0.2) is 12.2 Å². The summed E-state index contributed by atoms with van der Waals surface area (Å²) < 4.78 is 68.9. The van der Waals surface area contributed by atoms with Crippen LogP contribution in [0.4, 0.5) is 0 Å². The Balaban J connectivity index is 5.27. The standard InChI is InChI=1S/C85H166O17P2/c1-5-9-13-17-21-25-29-33-37-39-43-46-50-54-58-62-66-70-83(88)96-76-80(101-84(89)71-67-63-59-55-51-47-42-36-32-28-24-20-16-12-8-4)77-99-103(91,92)97-73-79(86)74-98-104(93,94)100-78-81(75-95-82(87)69-65-61-57-53-49-45-41-35-31-27-23-19-15-11-7-3)102-85(90)72-68-64-60-56-52-48-44-40-38-34-30-26-22-18-14-10-6-2/h79-81,86H,5-78H2,1-4H3,(H,91,92)(H,93,94)/t79-,80-,81-/m1/s1. The third kappa shape index (κ3) is 78.2. The van der Waals surface area contributed by atoms with E-state index in [4.69, 9.17) is 37.0 Å². The first-order chi connectivity index (χ1) is 50.7. The van der Waals surface area contributed by atoms with Crippen LogP contribution in [-0.4, -0.2) is 96.7 Å². The van der Waals surface area contributed by atoms with Gasteiger partial charge in [-0.1, -0.05) is 413 Å². The molecule has 0 rings (SSSR count). The van der Waals surface area contributed by atoms with Crippen molar-refractivity contribution in [2.45, 2.75) is 483 Å². The minimum atomic E-state index is -4.96. The monoisotopic (exact) mass is 1520 g/mol. The third-order valence-corrected chi connectivity index (χ3v) is 22.0. The molecular formula is C85H166O17P2. The largest absolute Gasteiger partial charge is 0.472 e. The number of aliphatic hydroxyl groups is 1. The summed E-state index contributed by atoms with van der Waals surface area (Å²) in [7, 11) is -9.93. The van der Waals surface area contributed by atoms with Gasteiger partial charge in [0.05, 0.1) is 26.4 Å². The van der Waals surface area contributed by atoms with E-state index in [-0.39, 0.29) is 25.7 Å². The van der Waals surface area contributed by atoms with Gasteiger partial charge >= 0.3 is 39.5 Å². The zero-order valence-corrected chi connectivity index (χ0v) is 69.8. The van der Waals surface area contributed by atoms with Crippen LogP contribution in [0.1, 0.15) is 464 Å². The van der Waals surface area contributed by atoms with Crippen LogP contribution in [0.5, 0.6) is 0 Å². The number of rotatable bonds is 86. The minimum Gasteiger partial charge on any atom is -0.462 e. The number of ether oxygens (including phenoxy) is 4. The number of unbranched alkanes of at least 4 members (excludes halogenated alkanes) is 60. The van der Waals surface area contributed by atoms with Crippen LogP contribution in [0.2, 0.25) is 0 Å². The number of phosphoric ester groups is 2. The predicted octanol–water partition coefficient (Wildman–Crippen LogP) is 26.1. The van der Waals surface area contributed by atoms with Gasteiger partial charge in [-0.3, -0.25) is 37.3 Å². The zero-order valence-electron chi connectivity index (χ0n) is 68.0. The van der Waals surface area contributed by atoms with E-state index in [9.17, 15) is 43.2 Å². The lowest BCUT2D eigenvalue weighted by atomic mass is 10.0. The fourth-order valence-corrected chi connectivity index (χ4v) is 14.9. The van der Waals surface area contributed by atoms with E-state index in [1.165, 1.54) is 295 Å². The van der Waals surface area contributed by atoms with Gasteiger partial charge in [0.1, 0.15) is 19.3 Å². The molecule has 0 aliphatic rings. The quantitative estimate of drug-likeness (QED) is 0.0222. The molecule has 2 unspecified atom stereocenters. The second-order valence-corrected chi connectivity index (χ2v) is 33.5. The van der Waals surface area contributed by atoms with Gasteiger partial charge in [0.2, 0.25) is 0 Å². The van der Waals surface area contributed by atoms with E-state index < -0.39 is 97.5 Å². The van der Waals surface area contributed by atoms with Crippen LogP contribution in [0.3, 0.4) is 0 Å². The highest BCUT2D eigenvalue weighted by atomic mass is 31.2. The number of hydrogen-bond donors (Lipinski definition) is 3. The number of aliphatic hydroxyl groups excluding tert-OH is 1. The molecule has 0 aromatic heterocycles. The Morgan fingerprint density at radius 2 is 0.385 bits per heavy atom. The zero-order chi connectivity index (χ0) is 76.0. The average molecular weight is 1520 g/mol. The third-order valence-electron chi connectivity index (χ3n) is 20.1. The van der Waals surface area contributed by atoms with E-state index in [1.54, 1.807) is 0 Å². The predicted molar refractivity (Wildman–Crippen MR) is 428 cm³/mol. The molecule has 0 bridgehead atoms. The summed E-state index contributed by atoms with van der Waals surface area (Å²) in [5, 5.41) is 10.7. The van der Waals surface area contributed by atoms with Crippen molar-refractivity contribution >= 4 is 39.5 Å². The lowest BCUT2D eigenvalue weighted by Crippen LogP contribution is -2.30. The number of carbonyl (C=O) groups is 4. The van der Waals surface area contributed by atoms with Crippen molar-refractivity contribution in [3.8, 4) is 0 Å². The van der Waals surface area contributed by atoms with Crippen molar-refractivity contribution in [3.05, 3.63) is 0 Å². The molecule has 0 fully saturated rings. The highest BCUT2D eigenvalue weighted by Gasteiger charge is 2.30. The molecule has 618 valence electrons. The molecule has 104 heavy (non-hydrogen) atoms. The molecule has 0 aromatic rings. The molecule has 0 spiro atoms. The van der Waals surface area contributed by atoms with E-state index in [2.05, 4.69) is 27.7 Å². The number of carbonyl (C=O) groups excluding carboxylic acids is 4. The second-order valence-electron chi connectivity index (χ2n) is 30.6. The highest BCUT2D eigenvalue weighted by molar-refractivity contribution is 7.47. The maximum absolute atomic E-state index is 13.1. The number of esters is 4. The van der Waals surface area contributed by atoms with E-state index in [1.807, 2.05) is 0 Å². The van der Waals surface area contributed by atoms with Crippen molar-refractivity contribution in [1.29, 1.82) is 0 Å². The summed E-state index contributed by atoms with van der Waals surface area (Å²) in [5.74, 6) is -2.09. The van der Waals surface area contributed by atoms with Crippen molar-refractivity contribution in [1.82, 2.24) is 0 Å². The Morgan fingerprint density at radius 1 is 0.231 bits per heavy atom. The molecule has 0 aliphatic heterocycles. The van der Waals surface area contributed by atoms with Gasteiger partial charge in [0.25, 0.3) is 0 Å². The molecule has 0 saturated heterocycles. The van der Waals surface area contributed by atoms with Crippen molar-refractivity contribution < 1.29 is 80.2 Å². The lowest BCUT2D eigenvalue weighted by Gasteiger charge is -2.21. The van der Waals surface area contributed by atoms with Gasteiger partial charge in [-0.25, -0.2) is 9.13 Å². The van der Waals surface area contributed by atoms with Gasteiger partial charge in [0, 0.05) is 25.7 Å². The maximum Gasteiger partial charge on any atom is 0.472 e. The minimum absolute atomic E-state index is 0.109. The van der Waals surface area contributed by atoms with Crippen LogP contribution in [0.25, 0.3) is 0 Å². The summed E-state index contributed by atoms with van der Waals surface area (Å²) in [6, 6.07) is 0. The molecule has 0 saturated carbocycles. The summed E-state index contributed by atoms with van der Waals surface area (Å²) in [5.41, 5.74) is 0. The average Bonchev–Trinajstić information content (AvgIpc) is 0.909. The molecule has 3 N–H and O–H groups in total. The maximum atomic E-state index is 13.1. The van der Waals surface area contributed by atoms with Crippen molar-refractivity contribution in [2.24, 2.45) is 0 Å². The Kier molecular flexibility index (Phi) is 77.7. The lowest BCUT2D eigenvalue weighted by molar-refractivity contribution is -0.161. The van der Waals surface area contributed by atoms with E-state index in [0.29, 0.717) is 25.7 Å². The van der Waals surface area contributed by atoms with Gasteiger partial charge in [-0.15, -0.1) is 0 Å². The molecule has 17 nitrogen and oxygen atoms in total. The summed E-state index contributed by atoms with van der Waals surface area (Å²) in [4.78, 5) is 73.3. The molecule has 19 heteroatoms. The molecule has 0 heterocycles. The van der Waals surface area contributed by atoms with Crippen LogP contribution in [0, 0.1) is 0 Å². The first kappa shape index (κ1) is 102. The number of hydrogen-bond acceptors (Lipinski definition) is 15. The number of phosphoric acid groups is 2. The topological polar surface area (TPSA) is 237 Å². The molecule has 0 aliphatic carbocycles. The van der Waals surface area contributed by atoms with Crippen molar-refractivity contribution in [3.63, 3.8) is 0 Å². The SMILES string of the molecule is CCCCCCCCCCCCCCCCCCCC(=O)OC[C@H](COP(=O)(O)OC[C@@H](O)COP(=O)(O)OC[C@@H](COC(=O)CCCCCCCCCCCCCCCCC)OC(=O)CCCCCCCCCCCCCCCCCCC)OC(=O)CCCCCCCCCCCCCCCCC. The van der Waals surface area contributed by atoms with E-state index in [0.717, 1.165) is 89.9 Å². The first-order valence-corrected chi connectivity index (χ1v) is 47.3. The van der Waals surface area contributed by atoms with Crippen molar-refractivity contribution in [2.75, 3.05) is 39.6 Å². The van der Waals surface area contributed by atoms with Crippen LogP contribution < -0.4 is 0 Å². The Morgan fingerprint density at radius 3 is 0.567 bits per heavy atom. The molecule has 0 radical (unpaired) electrons. The van der Waals surface area contributed by atoms with Crippen LogP contribution in [0.15, 0.2) is 0 Å². The fraction of sp³-hybridized carbons (Fsp3) is 0.953. The summed E-state index contributed by atoms with van der Waals surface area (Å²) in [6.07, 6.45) is 73.4. The Bertz CT molecular complexity index is 1960. The van der Waals surface area contributed by atoms with Gasteiger partial charge < -0.3 is 33.8 Å². The van der Waals surface area contributed by atoms with E-state index >= 15 is 0 Å². The highest BCUT2D eigenvalue weighted by Crippen LogP contribution is 2.45. The van der Waals surface area contributed by atoms with Crippen LogP contribution >= 0.6 is 15.6 Å².